The molecule has 2 aromatic rings. The predicted octanol–water partition coefficient (Wildman–Crippen LogP) is 5.52. The van der Waals surface area contributed by atoms with Gasteiger partial charge in [0, 0.05) is 12.3 Å². The zero-order valence-corrected chi connectivity index (χ0v) is 15.1. The number of hydrogen-bond acceptors (Lipinski definition) is 5. The molecule has 0 saturated carbocycles. The van der Waals surface area contributed by atoms with Gasteiger partial charge in [-0.3, -0.25) is 0 Å². The largest absolute Gasteiger partial charge is 0.360 e. The maximum Gasteiger partial charge on any atom is 0.206 e. The maximum absolute atomic E-state index is 4.26. The minimum atomic E-state index is 0.947. The van der Waals surface area contributed by atoms with Gasteiger partial charge in [0.05, 0.1) is 0 Å². The van der Waals surface area contributed by atoms with E-state index in [4.69, 9.17) is 0 Å². The SMILES string of the molecule is CCCCCCCNc1nnc(SCc2ccccc2C)s1. The van der Waals surface area contributed by atoms with E-state index in [9.17, 15) is 0 Å². The summed E-state index contributed by atoms with van der Waals surface area (Å²) >= 11 is 3.42. The van der Waals surface area contributed by atoms with E-state index in [2.05, 4.69) is 53.6 Å². The Morgan fingerprint density at radius 3 is 2.73 bits per heavy atom. The first-order chi connectivity index (χ1) is 10.8. The van der Waals surface area contributed by atoms with Gasteiger partial charge in [-0.1, -0.05) is 80.0 Å². The molecule has 5 heteroatoms. The van der Waals surface area contributed by atoms with Crippen LogP contribution >= 0.6 is 23.1 Å². The summed E-state index contributed by atoms with van der Waals surface area (Å²) in [6.07, 6.45) is 6.50. The summed E-state index contributed by atoms with van der Waals surface area (Å²) in [7, 11) is 0. The number of anilines is 1. The number of hydrogen-bond donors (Lipinski definition) is 1. The fourth-order valence-corrected chi connectivity index (χ4v) is 4.03. The van der Waals surface area contributed by atoms with E-state index < -0.39 is 0 Å². The fourth-order valence-electron chi connectivity index (χ4n) is 2.17. The Balaban J connectivity index is 1.69. The number of aromatic nitrogens is 2. The number of nitrogens with one attached hydrogen (secondary N) is 1. The minimum absolute atomic E-state index is 0.947. The molecule has 1 aromatic heterocycles. The van der Waals surface area contributed by atoms with Crippen molar-refractivity contribution in [3.8, 4) is 0 Å². The van der Waals surface area contributed by atoms with Crippen LogP contribution in [0.2, 0.25) is 0 Å². The summed E-state index contributed by atoms with van der Waals surface area (Å²) in [5.74, 6) is 0.957. The molecular weight excluding hydrogens is 310 g/mol. The van der Waals surface area contributed by atoms with Crippen molar-refractivity contribution in [2.75, 3.05) is 11.9 Å². The molecule has 0 aliphatic heterocycles. The molecule has 1 aromatic carbocycles. The molecule has 22 heavy (non-hydrogen) atoms. The van der Waals surface area contributed by atoms with E-state index >= 15 is 0 Å². The number of benzene rings is 1. The lowest BCUT2D eigenvalue weighted by Gasteiger charge is -2.02. The van der Waals surface area contributed by atoms with Crippen LogP contribution in [0.25, 0.3) is 0 Å². The van der Waals surface area contributed by atoms with E-state index in [-0.39, 0.29) is 0 Å². The first-order valence-electron chi connectivity index (χ1n) is 8.04. The third-order valence-corrected chi connectivity index (χ3v) is 5.64. The molecule has 120 valence electrons. The zero-order valence-electron chi connectivity index (χ0n) is 13.5. The van der Waals surface area contributed by atoms with Gasteiger partial charge in [0.1, 0.15) is 0 Å². The van der Waals surface area contributed by atoms with Crippen molar-refractivity contribution < 1.29 is 0 Å². The maximum atomic E-state index is 4.26. The molecule has 0 aliphatic carbocycles. The Hall–Kier alpha value is -1.07. The fraction of sp³-hybridized carbons (Fsp3) is 0.529. The van der Waals surface area contributed by atoms with Crippen LogP contribution in [0.3, 0.4) is 0 Å². The molecule has 3 nitrogen and oxygen atoms in total. The predicted molar refractivity (Wildman–Crippen MR) is 97.9 cm³/mol. The minimum Gasteiger partial charge on any atom is -0.360 e. The molecule has 1 N–H and O–H groups in total. The third-order valence-electron chi connectivity index (χ3n) is 3.58. The molecule has 0 aliphatic rings. The average Bonchev–Trinajstić information content (AvgIpc) is 2.98. The second-order valence-corrected chi connectivity index (χ2v) is 7.63. The van der Waals surface area contributed by atoms with Crippen LogP contribution in [0.4, 0.5) is 5.13 Å². The van der Waals surface area contributed by atoms with Crippen LogP contribution in [-0.2, 0) is 5.75 Å². The molecule has 0 saturated heterocycles. The van der Waals surface area contributed by atoms with Crippen LogP contribution in [0.5, 0.6) is 0 Å². The molecule has 0 spiro atoms. The molecular formula is C17H25N3S2. The quantitative estimate of drug-likeness (QED) is 0.458. The Morgan fingerprint density at radius 1 is 1.09 bits per heavy atom. The van der Waals surface area contributed by atoms with Crippen molar-refractivity contribution in [1.82, 2.24) is 10.2 Å². The Morgan fingerprint density at radius 2 is 1.91 bits per heavy atom. The number of thioether (sulfide) groups is 1. The molecule has 0 fully saturated rings. The van der Waals surface area contributed by atoms with Gasteiger partial charge in [-0.2, -0.15) is 0 Å². The van der Waals surface area contributed by atoms with Crippen LogP contribution in [-0.4, -0.2) is 16.7 Å². The monoisotopic (exact) mass is 335 g/mol. The van der Waals surface area contributed by atoms with Gasteiger partial charge in [0.15, 0.2) is 4.34 Å². The topological polar surface area (TPSA) is 37.8 Å². The highest BCUT2D eigenvalue weighted by atomic mass is 32.2. The van der Waals surface area contributed by atoms with E-state index in [0.29, 0.717) is 0 Å². The van der Waals surface area contributed by atoms with Crippen molar-refractivity contribution in [3.63, 3.8) is 0 Å². The summed E-state index contributed by atoms with van der Waals surface area (Å²) in [5, 5.41) is 12.8. The first kappa shape index (κ1) is 17.3. The number of nitrogens with zero attached hydrogens (tertiary/aromatic N) is 2. The number of rotatable bonds is 10. The third kappa shape index (κ3) is 5.97. The van der Waals surface area contributed by atoms with Gasteiger partial charge in [0.25, 0.3) is 0 Å². The molecule has 0 bridgehead atoms. The zero-order chi connectivity index (χ0) is 15.6. The summed E-state index contributed by atoms with van der Waals surface area (Å²) in [6.45, 7) is 5.40. The van der Waals surface area contributed by atoms with Crippen molar-refractivity contribution >= 4 is 28.2 Å². The first-order valence-corrected chi connectivity index (χ1v) is 9.84. The Kier molecular flexibility index (Phi) is 7.74. The summed E-state index contributed by atoms with van der Waals surface area (Å²) in [6, 6.07) is 8.51. The van der Waals surface area contributed by atoms with Crippen molar-refractivity contribution in [2.45, 2.75) is 56.0 Å². The Bertz CT molecular complexity index is 554. The summed E-state index contributed by atoms with van der Waals surface area (Å²) in [5.41, 5.74) is 2.71. The number of aryl methyl sites for hydroxylation is 1. The molecule has 0 amide bonds. The highest BCUT2D eigenvalue weighted by Crippen LogP contribution is 2.29. The van der Waals surface area contributed by atoms with Crippen LogP contribution in [0.15, 0.2) is 28.6 Å². The standard InChI is InChI=1S/C17H25N3S2/c1-3-4-5-6-9-12-18-16-19-20-17(22-16)21-13-15-11-8-7-10-14(15)2/h7-8,10-11H,3-6,9,12-13H2,1-2H3,(H,18,19). The van der Waals surface area contributed by atoms with Crippen molar-refractivity contribution in [1.29, 1.82) is 0 Å². The molecule has 0 atom stereocenters. The summed E-state index contributed by atoms with van der Waals surface area (Å²) in [4.78, 5) is 0. The van der Waals surface area contributed by atoms with Crippen LogP contribution in [0.1, 0.15) is 50.2 Å². The van der Waals surface area contributed by atoms with Crippen molar-refractivity contribution in [3.05, 3.63) is 35.4 Å². The number of unbranched alkanes of at least 4 members (excludes halogenated alkanes) is 4. The molecule has 2 rings (SSSR count). The lowest BCUT2D eigenvalue weighted by Crippen LogP contribution is -2.00. The summed E-state index contributed by atoms with van der Waals surface area (Å²) < 4.78 is 1.04. The lowest BCUT2D eigenvalue weighted by molar-refractivity contribution is 0.645. The lowest BCUT2D eigenvalue weighted by atomic mass is 10.1. The van der Waals surface area contributed by atoms with Crippen molar-refractivity contribution in [2.24, 2.45) is 0 Å². The average molecular weight is 336 g/mol. The van der Waals surface area contributed by atoms with E-state index in [0.717, 1.165) is 21.8 Å². The van der Waals surface area contributed by atoms with Gasteiger partial charge in [0.2, 0.25) is 5.13 Å². The highest BCUT2D eigenvalue weighted by Gasteiger charge is 2.05. The molecule has 0 radical (unpaired) electrons. The van der Waals surface area contributed by atoms with Gasteiger partial charge in [-0.05, 0) is 24.5 Å². The second-order valence-electron chi connectivity index (χ2n) is 5.43. The van der Waals surface area contributed by atoms with Crippen LogP contribution in [0, 0.1) is 6.92 Å². The van der Waals surface area contributed by atoms with E-state index in [1.165, 1.54) is 43.2 Å². The van der Waals surface area contributed by atoms with Gasteiger partial charge >= 0.3 is 0 Å². The van der Waals surface area contributed by atoms with E-state index in [1.54, 1.807) is 23.1 Å². The van der Waals surface area contributed by atoms with E-state index in [1.807, 2.05) is 0 Å². The molecule has 0 unspecified atom stereocenters. The second kappa shape index (κ2) is 9.85. The molecule has 1 heterocycles. The smallest absolute Gasteiger partial charge is 0.206 e. The van der Waals surface area contributed by atoms with Gasteiger partial charge in [-0.25, -0.2) is 0 Å². The Labute approximate surface area is 141 Å². The van der Waals surface area contributed by atoms with Crippen LogP contribution < -0.4 is 5.32 Å². The van der Waals surface area contributed by atoms with Gasteiger partial charge in [-0.15, -0.1) is 10.2 Å². The highest BCUT2D eigenvalue weighted by molar-refractivity contribution is 8.00. The normalized spacial score (nSPS) is 10.8. The van der Waals surface area contributed by atoms with Gasteiger partial charge < -0.3 is 5.32 Å².